The molecule has 8 heteroatoms. The lowest BCUT2D eigenvalue weighted by atomic mass is 9.94. The molecule has 1 aromatic carbocycles. The number of aliphatic hydroxyl groups excluding tert-OH is 1. The van der Waals surface area contributed by atoms with Crippen LogP contribution in [-0.2, 0) is 11.2 Å². The van der Waals surface area contributed by atoms with Crippen molar-refractivity contribution in [2.75, 3.05) is 26.2 Å². The number of fused-ring (bicyclic) bond motifs is 1. The zero-order valence-electron chi connectivity index (χ0n) is 16.5. The minimum atomic E-state index is -0.733. The number of carbonyl (C=O) groups is 2. The average Bonchev–Trinajstić information content (AvgIpc) is 3.06. The number of amides is 2. The van der Waals surface area contributed by atoms with Gasteiger partial charge in [0.05, 0.1) is 24.8 Å². The van der Waals surface area contributed by atoms with Gasteiger partial charge in [-0.05, 0) is 44.9 Å². The van der Waals surface area contributed by atoms with Crippen molar-refractivity contribution in [1.29, 1.82) is 0 Å². The van der Waals surface area contributed by atoms with E-state index in [1.54, 1.807) is 26.8 Å². The Labute approximate surface area is 169 Å². The Balaban J connectivity index is 1.55. The van der Waals surface area contributed by atoms with Crippen LogP contribution in [0.3, 0.4) is 0 Å². The van der Waals surface area contributed by atoms with Gasteiger partial charge in [-0.2, -0.15) is 0 Å². The quantitative estimate of drug-likeness (QED) is 0.799. The zero-order valence-corrected chi connectivity index (χ0v) is 17.2. The first-order valence-electron chi connectivity index (χ1n) is 9.53. The molecule has 0 aliphatic carbocycles. The van der Waals surface area contributed by atoms with Crippen molar-refractivity contribution in [1.82, 2.24) is 10.2 Å². The molecule has 2 amide bonds. The summed E-state index contributed by atoms with van der Waals surface area (Å²) in [7, 11) is 0. The molecule has 0 unspecified atom stereocenters. The maximum Gasteiger partial charge on any atom is 0.410 e. The van der Waals surface area contributed by atoms with Crippen LogP contribution < -0.4 is 10.1 Å². The Kier molecular flexibility index (Phi) is 6.05. The highest BCUT2D eigenvalue weighted by atomic mass is 35.5. The Morgan fingerprint density at radius 3 is 2.82 bits per heavy atom. The molecule has 2 aliphatic heterocycles. The molecule has 7 nitrogen and oxygen atoms in total. The van der Waals surface area contributed by atoms with E-state index in [4.69, 9.17) is 21.1 Å². The normalized spacial score (nSPS) is 21.7. The largest absolute Gasteiger partial charge is 0.492 e. The van der Waals surface area contributed by atoms with E-state index in [1.807, 2.05) is 6.07 Å². The lowest BCUT2D eigenvalue weighted by molar-refractivity contribution is -0.0122. The first-order valence-corrected chi connectivity index (χ1v) is 9.91. The lowest BCUT2D eigenvalue weighted by Gasteiger charge is -2.36. The first-order chi connectivity index (χ1) is 13.1. The molecular weight excluding hydrogens is 384 g/mol. The lowest BCUT2D eigenvalue weighted by Crippen LogP contribution is -2.50. The molecule has 0 spiro atoms. The maximum atomic E-state index is 12.6. The summed E-state index contributed by atoms with van der Waals surface area (Å²) >= 11 is 6.11. The van der Waals surface area contributed by atoms with E-state index in [9.17, 15) is 14.7 Å². The number of aliphatic hydroxyl groups is 1. The fourth-order valence-electron chi connectivity index (χ4n) is 3.47. The van der Waals surface area contributed by atoms with Gasteiger partial charge in [-0.3, -0.25) is 4.79 Å². The second kappa shape index (κ2) is 8.17. The Morgan fingerprint density at radius 2 is 2.14 bits per heavy atom. The topological polar surface area (TPSA) is 88.1 Å². The summed E-state index contributed by atoms with van der Waals surface area (Å²) in [4.78, 5) is 26.3. The van der Waals surface area contributed by atoms with E-state index >= 15 is 0 Å². The van der Waals surface area contributed by atoms with Gasteiger partial charge >= 0.3 is 6.09 Å². The van der Waals surface area contributed by atoms with E-state index in [0.717, 1.165) is 12.0 Å². The van der Waals surface area contributed by atoms with Crippen LogP contribution in [0.5, 0.6) is 5.75 Å². The molecule has 1 fully saturated rings. The number of nitrogens with one attached hydrogen (secondary N) is 1. The molecule has 2 aliphatic rings. The SMILES string of the molecule is CC(C)(C)OC(=O)N1CC[C@@H](CNC(=O)c2cc(Cl)cc3c2OCC3)[C@@H](O)C1. The highest BCUT2D eigenvalue weighted by molar-refractivity contribution is 6.31. The third kappa shape index (κ3) is 4.89. The molecule has 2 heterocycles. The van der Waals surface area contributed by atoms with Crippen LogP contribution in [0.4, 0.5) is 4.79 Å². The summed E-state index contributed by atoms with van der Waals surface area (Å²) in [5, 5.41) is 13.8. The summed E-state index contributed by atoms with van der Waals surface area (Å²) in [6, 6.07) is 3.42. The molecule has 28 heavy (non-hydrogen) atoms. The van der Waals surface area contributed by atoms with Crippen LogP contribution in [0.15, 0.2) is 12.1 Å². The minimum absolute atomic E-state index is 0.143. The fourth-order valence-corrected chi connectivity index (χ4v) is 3.71. The van der Waals surface area contributed by atoms with Crippen LogP contribution >= 0.6 is 11.6 Å². The molecule has 154 valence electrons. The van der Waals surface area contributed by atoms with E-state index < -0.39 is 17.8 Å². The molecule has 0 aromatic heterocycles. The summed E-state index contributed by atoms with van der Waals surface area (Å²) < 4.78 is 10.9. The number of carbonyl (C=O) groups excluding carboxylic acids is 2. The first kappa shape index (κ1) is 20.7. The van der Waals surface area contributed by atoms with E-state index in [0.29, 0.717) is 42.5 Å². The van der Waals surface area contributed by atoms with Gasteiger partial charge in [-0.15, -0.1) is 0 Å². The average molecular weight is 411 g/mol. The van der Waals surface area contributed by atoms with Crippen molar-refractivity contribution >= 4 is 23.6 Å². The zero-order chi connectivity index (χ0) is 20.5. The molecule has 0 radical (unpaired) electrons. The number of nitrogens with zero attached hydrogens (tertiary/aromatic N) is 1. The summed E-state index contributed by atoms with van der Waals surface area (Å²) in [6.45, 7) is 6.92. The number of hydrogen-bond donors (Lipinski definition) is 2. The highest BCUT2D eigenvalue weighted by Gasteiger charge is 2.33. The fraction of sp³-hybridized carbons (Fsp3) is 0.600. The molecule has 2 atom stereocenters. The van der Waals surface area contributed by atoms with Crippen LogP contribution in [0.25, 0.3) is 0 Å². The summed E-state index contributed by atoms with van der Waals surface area (Å²) in [5.74, 6) is 0.167. The molecular formula is C20H27ClN2O5. The van der Waals surface area contributed by atoms with Crippen molar-refractivity contribution in [2.45, 2.75) is 45.3 Å². The van der Waals surface area contributed by atoms with Gasteiger partial charge in [-0.1, -0.05) is 11.6 Å². The van der Waals surface area contributed by atoms with Crippen molar-refractivity contribution in [3.05, 3.63) is 28.3 Å². The van der Waals surface area contributed by atoms with Gasteiger partial charge in [-0.25, -0.2) is 4.79 Å². The van der Waals surface area contributed by atoms with Crippen molar-refractivity contribution in [3.8, 4) is 5.75 Å². The predicted octanol–water partition coefficient (Wildman–Crippen LogP) is 2.62. The van der Waals surface area contributed by atoms with Gasteiger partial charge in [0.25, 0.3) is 5.91 Å². The van der Waals surface area contributed by atoms with Crippen molar-refractivity contribution in [3.63, 3.8) is 0 Å². The van der Waals surface area contributed by atoms with Crippen LogP contribution in [0.1, 0.15) is 43.1 Å². The molecule has 2 N–H and O–H groups in total. The third-order valence-corrected chi connectivity index (χ3v) is 5.11. The maximum absolute atomic E-state index is 12.6. The third-order valence-electron chi connectivity index (χ3n) is 4.89. The molecule has 0 saturated carbocycles. The predicted molar refractivity (Wildman–Crippen MR) is 105 cm³/mol. The Hall–Kier alpha value is -1.99. The number of ether oxygens (including phenoxy) is 2. The molecule has 1 aromatic rings. The van der Waals surface area contributed by atoms with Gasteiger partial charge in [0.2, 0.25) is 0 Å². The second-order valence-electron chi connectivity index (χ2n) is 8.29. The minimum Gasteiger partial charge on any atom is -0.492 e. The number of halogens is 1. The summed E-state index contributed by atoms with van der Waals surface area (Å²) in [6.07, 6.45) is 0.145. The van der Waals surface area contributed by atoms with Crippen molar-refractivity contribution in [2.24, 2.45) is 5.92 Å². The van der Waals surface area contributed by atoms with Gasteiger partial charge in [0.1, 0.15) is 11.4 Å². The van der Waals surface area contributed by atoms with Gasteiger partial charge < -0.3 is 24.8 Å². The monoisotopic (exact) mass is 410 g/mol. The Morgan fingerprint density at radius 1 is 1.39 bits per heavy atom. The molecule has 1 saturated heterocycles. The van der Waals surface area contributed by atoms with Gasteiger partial charge in [0, 0.05) is 30.5 Å². The Bertz CT molecular complexity index is 762. The number of rotatable bonds is 3. The number of benzene rings is 1. The molecule has 3 rings (SSSR count). The highest BCUT2D eigenvalue weighted by Crippen LogP contribution is 2.32. The van der Waals surface area contributed by atoms with E-state index in [1.165, 1.54) is 4.90 Å². The molecule has 0 bridgehead atoms. The van der Waals surface area contributed by atoms with Crippen molar-refractivity contribution < 1.29 is 24.2 Å². The smallest absolute Gasteiger partial charge is 0.410 e. The van der Waals surface area contributed by atoms with Gasteiger partial charge in [0.15, 0.2) is 0 Å². The van der Waals surface area contributed by atoms with Crippen LogP contribution in [0.2, 0.25) is 5.02 Å². The standard InChI is InChI=1S/C20H27ClN2O5/c1-20(2,3)28-19(26)23-6-4-13(16(24)11-23)10-22-18(25)15-9-14(21)8-12-5-7-27-17(12)15/h8-9,13,16,24H,4-7,10-11H2,1-3H3,(H,22,25)/t13-,16-/m0/s1. The summed E-state index contributed by atoms with van der Waals surface area (Å²) in [5.41, 5.74) is 0.774. The van der Waals surface area contributed by atoms with E-state index in [-0.39, 0.29) is 18.4 Å². The van der Waals surface area contributed by atoms with E-state index in [2.05, 4.69) is 5.32 Å². The number of likely N-dealkylation sites (tertiary alicyclic amines) is 1. The number of piperidine rings is 1. The van der Waals surface area contributed by atoms with Crippen LogP contribution in [-0.4, -0.2) is 60.0 Å². The van der Waals surface area contributed by atoms with Crippen LogP contribution in [0, 0.1) is 5.92 Å². The number of hydrogen-bond acceptors (Lipinski definition) is 5. The number of β-amino-alcohol motifs (C(OH)–C–C–N with tert-alkyl or cyclic N) is 1. The second-order valence-corrected chi connectivity index (χ2v) is 8.73.